The molecule has 3 N–H and O–H groups in total. The van der Waals surface area contributed by atoms with E-state index in [-0.39, 0.29) is 23.5 Å². The number of nitrogens with one attached hydrogen (secondary N) is 1. The number of pyridine rings is 1. The van der Waals surface area contributed by atoms with Crippen LogP contribution >= 0.6 is 0 Å². The number of urea groups is 1. The summed E-state index contributed by atoms with van der Waals surface area (Å²) < 4.78 is 13.3. The van der Waals surface area contributed by atoms with E-state index in [2.05, 4.69) is 10.3 Å². The van der Waals surface area contributed by atoms with Crippen molar-refractivity contribution in [2.75, 3.05) is 25.9 Å². The Morgan fingerprint density at radius 3 is 2.69 bits per heavy atom. The minimum absolute atomic E-state index is 0.0544. The number of carbonyl (C=O) groups excluding carboxylic acids is 3. The number of β-lactam (4-membered cyclic amide) rings is 1. The highest BCUT2D eigenvalue weighted by molar-refractivity contribution is 6.09. The highest BCUT2D eigenvalue weighted by Gasteiger charge is 2.55. The van der Waals surface area contributed by atoms with Gasteiger partial charge >= 0.3 is 6.03 Å². The van der Waals surface area contributed by atoms with Crippen LogP contribution in [0.15, 0.2) is 42.6 Å². The summed E-state index contributed by atoms with van der Waals surface area (Å²) in [5.74, 6) is -1.31. The van der Waals surface area contributed by atoms with Gasteiger partial charge in [0, 0.05) is 32.3 Å². The summed E-state index contributed by atoms with van der Waals surface area (Å²) in [6.45, 7) is 0.923. The summed E-state index contributed by atoms with van der Waals surface area (Å²) in [6, 6.07) is 8.35. The van der Waals surface area contributed by atoms with Crippen molar-refractivity contribution in [3.63, 3.8) is 0 Å². The summed E-state index contributed by atoms with van der Waals surface area (Å²) in [7, 11) is 1.49. The molecular formula is C23H26FN5O3. The normalized spacial score (nSPS) is 22.9. The fraction of sp³-hybridized carbons (Fsp3) is 0.391. The number of halogens is 1. The van der Waals surface area contributed by atoms with Gasteiger partial charge in [-0.15, -0.1) is 0 Å². The predicted octanol–water partition coefficient (Wildman–Crippen LogP) is 1.92. The monoisotopic (exact) mass is 439 g/mol. The van der Waals surface area contributed by atoms with Crippen molar-refractivity contribution in [2.24, 2.45) is 5.92 Å². The van der Waals surface area contributed by atoms with Crippen LogP contribution in [0.5, 0.6) is 0 Å². The van der Waals surface area contributed by atoms with Gasteiger partial charge in [0.15, 0.2) is 0 Å². The van der Waals surface area contributed by atoms with Crippen LogP contribution < -0.4 is 11.1 Å². The van der Waals surface area contributed by atoms with Crippen molar-refractivity contribution in [3.05, 3.63) is 59.5 Å². The van der Waals surface area contributed by atoms with E-state index in [9.17, 15) is 18.8 Å². The lowest BCUT2D eigenvalue weighted by atomic mass is 9.82. The molecular weight excluding hydrogens is 413 g/mol. The van der Waals surface area contributed by atoms with Gasteiger partial charge in [0.05, 0.1) is 5.92 Å². The van der Waals surface area contributed by atoms with Crippen molar-refractivity contribution >= 4 is 23.7 Å². The van der Waals surface area contributed by atoms with E-state index in [1.807, 2.05) is 0 Å². The molecule has 1 aromatic heterocycles. The lowest BCUT2D eigenvalue weighted by Crippen LogP contribution is -2.70. The van der Waals surface area contributed by atoms with Gasteiger partial charge in [0.25, 0.3) is 0 Å². The van der Waals surface area contributed by atoms with Crippen LogP contribution in [0.25, 0.3) is 0 Å². The molecule has 0 bridgehead atoms. The molecule has 32 heavy (non-hydrogen) atoms. The number of hydrogen-bond donors (Lipinski definition) is 2. The molecule has 0 spiro atoms. The zero-order chi connectivity index (χ0) is 22.8. The van der Waals surface area contributed by atoms with Crippen LogP contribution in [0.2, 0.25) is 0 Å². The number of hydrogen-bond acceptors (Lipinski definition) is 5. The van der Waals surface area contributed by atoms with Gasteiger partial charge < -0.3 is 16.0 Å². The van der Waals surface area contributed by atoms with Crippen LogP contribution in [0.4, 0.5) is 15.0 Å². The minimum atomic E-state index is -0.874. The fourth-order valence-electron chi connectivity index (χ4n) is 4.59. The Balaban J connectivity index is 1.49. The molecule has 4 amide bonds. The molecule has 2 fully saturated rings. The standard InChI is InChI=1S/C23H26FN5O3/c1-26-21(30)20-18(11-14-8-9-27-19(25)12-14)22(31)29(20)23(32)28-10-2-3-16(13-28)15-4-6-17(24)7-5-15/h4-9,12,16,18,20H,2-3,10-11,13H2,1H3,(H2,25,27)(H,26,30)/t16?,18-,20+/m1/s1. The second-order valence-electron chi connectivity index (χ2n) is 8.29. The maximum absolute atomic E-state index is 13.3. The van der Waals surface area contributed by atoms with E-state index in [1.54, 1.807) is 35.4 Å². The van der Waals surface area contributed by atoms with E-state index >= 15 is 0 Å². The molecule has 168 valence electrons. The van der Waals surface area contributed by atoms with Crippen molar-refractivity contribution in [3.8, 4) is 0 Å². The topological polar surface area (TPSA) is 109 Å². The summed E-state index contributed by atoms with van der Waals surface area (Å²) >= 11 is 0. The first-order chi connectivity index (χ1) is 15.4. The molecule has 2 aromatic rings. The molecule has 3 heterocycles. The first kappa shape index (κ1) is 21.7. The zero-order valence-corrected chi connectivity index (χ0v) is 17.8. The Bertz CT molecular complexity index is 1030. The number of benzene rings is 1. The quantitative estimate of drug-likeness (QED) is 0.708. The number of piperidine rings is 1. The van der Waals surface area contributed by atoms with E-state index in [4.69, 9.17) is 5.73 Å². The molecule has 2 aliphatic rings. The summed E-state index contributed by atoms with van der Waals surface area (Å²) in [5, 5.41) is 2.57. The van der Waals surface area contributed by atoms with Gasteiger partial charge in [-0.2, -0.15) is 0 Å². The largest absolute Gasteiger partial charge is 0.384 e. The Morgan fingerprint density at radius 2 is 2.00 bits per heavy atom. The number of likely N-dealkylation sites (tertiary alicyclic amines) is 2. The molecule has 0 saturated carbocycles. The lowest BCUT2D eigenvalue weighted by molar-refractivity contribution is -0.158. The van der Waals surface area contributed by atoms with Gasteiger partial charge in [-0.1, -0.05) is 12.1 Å². The number of anilines is 1. The van der Waals surface area contributed by atoms with E-state index in [1.165, 1.54) is 19.2 Å². The molecule has 0 aliphatic carbocycles. The van der Waals surface area contributed by atoms with Crippen molar-refractivity contribution < 1.29 is 18.8 Å². The van der Waals surface area contributed by atoms with Gasteiger partial charge in [-0.05, 0) is 54.7 Å². The molecule has 0 radical (unpaired) electrons. The van der Waals surface area contributed by atoms with Crippen LogP contribution in [-0.2, 0) is 16.0 Å². The molecule has 9 heteroatoms. The van der Waals surface area contributed by atoms with Crippen molar-refractivity contribution in [1.29, 1.82) is 0 Å². The van der Waals surface area contributed by atoms with Crippen LogP contribution in [0, 0.1) is 11.7 Å². The maximum Gasteiger partial charge on any atom is 0.327 e. The number of imide groups is 1. The second kappa shape index (κ2) is 8.94. The average molecular weight is 439 g/mol. The average Bonchev–Trinajstić information content (AvgIpc) is 2.80. The molecule has 1 unspecified atom stereocenters. The Kier molecular flexibility index (Phi) is 6.07. The molecule has 1 aromatic carbocycles. The molecule has 2 aliphatic heterocycles. The molecule has 8 nitrogen and oxygen atoms in total. The number of carbonyl (C=O) groups is 3. The fourth-order valence-corrected chi connectivity index (χ4v) is 4.59. The molecule has 4 rings (SSSR count). The molecule has 2 saturated heterocycles. The third kappa shape index (κ3) is 4.15. The number of likely N-dealkylation sites (N-methyl/N-ethyl adjacent to an activating group) is 1. The van der Waals surface area contributed by atoms with E-state index in [0.29, 0.717) is 25.3 Å². The van der Waals surface area contributed by atoms with Crippen LogP contribution in [0.1, 0.15) is 29.9 Å². The summed E-state index contributed by atoms with van der Waals surface area (Å²) in [6.07, 6.45) is 3.48. The SMILES string of the molecule is CNC(=O)[C@@H]1[C@@H](Cc2ccnc(N)c2)C(=O)N1C(=O)N1CCCC(c2ccc(F)cc2)C1. The van der Waals surface area contributed by atoms with Crippen molar-refractivity contribution in [1.82, 2.24) is 20.1 Å². The minimum Gasteiger partial charge on any atom is -0.384 e. The Morgan fingerprint density at radius 1 is 1.25 bits per heavy atom. The lowest BCUT2D eigenvalue weighted by Gasteiger charge is -2.47. The third-order valence-corrected chi connectivity index (χ3v) is 6.27. The van der Waals surface area contributed by atoms with Crippen molar-refractivity contribution in [2.45, 2.75) is 31.2 Å². The van der Waals surface area contributed by atoms with E-state index < -0.39 is 18.0 Å². The highest BCUT2D eigenvalue weighted by atomic mass is 19.1. The van der Waals surface area contributed by atoms with E-state index in [0.717, 1.165) is 28.9 Å². The number of aromatic nitrogens is 1. The number of rotatable bonds is 4. The second-order valence-corrected chi connectivity index (χ2v) is 8.29. The number of nitrogens with two attached hydrogens (primary N) is 1. The first-order valence-electron chi connectivity index (χ1n) is 10.7. The molecule has 3 atom stereocenters. The first-order valence-corrected chi connectivity index (χ1v) is 10.7. The summed E-state index contributed by atoms with van der Waals surface area (Å²) in [5.41, 5.74) is 7.46. The number of amides is 4. The zero-order valence-electron chi connectivity index (χ0n) is 17.8. The number of nitrogens with zero attached hydrogens (tertiary/aromatic N) is 3. The summed E-state index contributed by atoms with van der Waals surface area (Å²) in [4.78, 5) is 45.4. The Hall–Kier alpha value is -3.49. The van der Waals surface area contributed by atoms with Gasteiger partial charge in [-0.3, -0.25) is 14.5 Å². The third-order valence-electron chi connectivity index (χ3n) is 6.27. The van der Waals surface area contributed by atoms with Crippen LogP contribution in [-0.4, -0.2) is 58.8 Å². The Labute approximate surface area is 185 Å². The maximum atomic E-state index is 13.3. The van der Waals surface area contributed by atoms with Gasteiger partial charge in [-0.25, -0.2) is 14.2 Å². The van der Waals surface area contributed by atoms with Gasteiger partial charge in [0.2, 0.25) is 11.8 Å². The van der Waals surface area contributed by atoms with Crippen LogP contribution in [0.3, 0.4) is 0 Å². The van der Waals surface area contributed by atoms with Gasteiger partial charge in [0.1, 0.15) is 17.7 Å². The predicted molar refractivity (Wildman–Crippen MR) is 116 cm³/mol. The smallest absolute Gasteiger partial charge is 0.327 e. The highest BCUT2D eigenvalue weighted by Crippen LogP contribution is 2.34. The number of nitrogen functional groups attached to an aromatic ring is 1.